The van der Waals surface area contributed by atoms with Crippen molar-refractivity contribution in [1.82, 2.24) is 4.90 Å². The molecule has 3 aliphatic heterocycles. The third-order valence-corrected chi connectivity index (χ3v) is 4.24. The summed E-state index contributed by atoms with van der Waals surface area (Å²) in [5, 5.41) is 0. The van der Waals surface area contributed by atoms with Gasteiger partial charge in [0.25, 0.3) is 5.91 Å². The lowest BCUT2D eigenvalue weighted by atomic mass is 10.1. The van der Waals surface area contributed by atoms with Crippen LogP contribution in [-0.2, 0) is 4.79 Å². The van der Waals surface area contributed by atoms with Crippen molar-refractivity contribution in [2.24, 2.45) is 4.99 Å². The Kier molecular flexibility index (Phi) is 3.34. The van der Waals surface area contributed by atoms with E-state index in [1.54, 1.807) is 18.0 Å². The van der Waals surface area contributed by atoms with E-state index in [0.717, 1.165) is 11.0 Å². The normalized spacial score (nSPS) is 19.2. The van der Waals surface area contributed by atoms with Gasteiger partial charge in [-0.2, -0.15) is 4.39 Å². The second kappa shape index (κ2) is 5.44. The van der Waals surface area contributed by atoms with Crippen molar-refractivity contribution in [3.05, 3.63) is 54.5 Å². The lowest BCUT2D eigenvalue weighted by molar-refractivity contribution is -0.113. The maximum Gasteiger partial charge on any atom is 0.262 e. The van der Waals surface area contributed by atoms with Gasteiger partial charge in [-0.25, -0.2) is 14.3 Å². The van der Waals surface area contributed by atoms with Gasteiger partial charge in [-0.1, -0.05) is 6.58 Å². The quantitative estimate of drug-likeness (QED) is 0.735. The van der Waals surface area contributed by atoms with Crippen molar-refractivity contribution in [3.8, 4) is 5.75 Å². The first-order valence-corrected chi connectivity index (χ1v) is 7.57. The zero-order valence-corrected chi connectivity index (χ0v) is 13.4. The van der Waals surface area contributed by atoms with Crippen LogP contribution in [0.2, 0.25) is 0 Å². The van der Waals surface area contributed by atoms with Crippen LogP contribution >= 0.6 is 0 Å². The molecule has 1 amide bonds. The van der Waals surface area contributed by atoms with Gasteiger partial charge in [0.2, 0.25) is 11.9 Å². The van der Waals surface area contributed by atoms with Crippen molar-refractivity contribution in [1.29, 1.82) is 0 Å². The van der Waals surface area contributed by atoms with Crippen molar-refractivity contribution >= 4 is 23.2 Å². The van der Waals surface area contributed by atoms with Crippen molar-refractivity contribution in [2.45, 2.75) is 0 Å². The summed E-state index contributed by atoms with van der Waals surface area (Å²) in [5.74, 6) is -1.73. The van der Waals surface area contributed by atoms with E-state index >= 15 is 0 Å². The first kappa shape index (κ1) is 15.4. The molecule has 0 saturated heterocycles. The van der Waals surface area contributed by atoms with Crippen LogP contribution in [0.25, 0.3) is 0 Å². The average Bonchev–Trinajstić information content (AvgIpc) is 2.59. The predicted octanol–water partition coefficient (Wildman–Crippen LogP) is 2.51. The third kappa shape index (κ3) is 2.29. The summed E-state index contributed by atoms with van der Waals surface area (Å²) in [6, 6.07) is 2.68. The standard InChI is InChI=1S/C17H14F2N4O2/c1-10-9-25-14-6-11(18)12(7-13(14)21(10)2)23-16(24)8-15(19)22-5-3-4-20-17(22)23/h3-4,6-8H,1,5,9H2,2H3. The number of amides is 1. The number of nitrogens with zero attached hydrogens (tertiary/aromatic N) is 4. The number of carbonyl (C=O) groups excluding carboxylic acids is 1. The number of hydrogen-bond acceptors (Lipinski definition) is 5. The van der Waals surface area contributed by atoms with Gasteiger partial charge in [-0.3, -0.25) is 9.69 Å². The minimum Gasteiger partial charge on any atom is -0.485 e. The second-order valence-electron chi connectivity index (χ2n) is 5.75. The van der Waals surface area contributed by atoms with Crippen LogP contribution in [-0.4, -0.2) is 37.0 Å². The molecule has 0 unspecified atom stereocenters. The summed E-state index contributed by atoms with van der Waals surface area (Å²) in [6.07, 6.45) is 3.91. The number of likely N-dealkylation sites (N-methyl/N-ethyl adjacent to an activating group) is 1. The highest BCUT2D eigenvalue weighted by atomic mass is 19.1. The molecule has 1 aromatic rings. The molecule has 0 atom stereocenters. The molecule has 4 rings (SSSR count). The number of anilines is 2. The van der Waals surface area contributed by atoms with Crippen molar-refractivity contribution in [2.75, 3.05) is 30.0 Å². The molecular weight excluding hydrogens is 330 g/mol. The number of guanidine groups is 1. The molecular formula is C17H14F2N4O2. The highest BCUT2D eigenvalue weighted by molar-refractivity contribution is 6.22. The Hall–Kier alpha value is -3.16. The van der Waals surface area contributed by atoms with Gasteiger partial charge in [0.1, 0.15) is 12.4 Å². The Balaban J connectivity index is 1.87. The lowest BCUT2D eigenvalue weighted by Crippen LogP contribution is -2.51. The first-order valence-electron chi connectivity index (χ1n) is 7.57. The molecule has 0 spiro atoms. The molecule has 1 aromatic carbocycles. The highest BCUT2D eigenvalue weighted by Crippen LogP contribution is 2.40. The van der Waals surface area contributed by atoms with Gasteiger partial charge in [0.15, 0.2) is 5.82 Å². The number of hydrogen-bond donors (Lipinski definition) is 0. The smallest absolute Gasteiger partial charge is 0.262 e. The van der Waals surface area contributed by atoms with Crippen LogP contribution < -0.4 is 14.5 Å². The van der Waals surface area contributed by atoms with Gasteiger partial charge in [0, 0.05) is 31.6 Å². The van der Waals surface area contributed by atoms with E-state index in [-0.39, 0.29) is 24.8 Å². The topological polar surface area (TPSA) is 48.4 Å². The molecule has 8 heteroatoms. The molecule has 0 bridgehead atoms. The van der Waals surface area contributed by atoms with Crippen molar-refractivity contribution < 1.29 is 18.3 Å². The number of benzene rings is 1. The van der Waals surface area contributed by atoms with Gasteiger partial charge >= 0.3 is 0 Å². The molecule has 25 heavy (non-hydrogen) atoms. The van der Waals surface area contributed by atoms with Crippen LogP contribution in [0, 0.1) is 5.82 Å². The average molecular weight is 344 g/mol. The SMILES string of the molecule is C=C1COc2cc(F)c(N3C(=O)C=C(F)N4CC=CN=C43)cc2N1C. The van der Waals surface area contributed by atoms with E-state index < -0.39 is 17.7 Å². The summed E-state index contributed by atoms with van der Waals surface area (Å²) in [5.41, 5.74) is 1.23. The number of fused-ring (bicyclic) bond motifs is 2. The minimum absolute atomic E-state index is 0.0181. The maximum atomic E-state index is 14.7. The first-order chi connectivity index (χ1) is 12.0. The second-order valence-corrected chi connectivity index (χ2v) is 5.75. The number of aliphatic imine (C=N–C) groups is 1. The summed E-state index contributed by atoms with van der Waals surface area (Å²) in [6.45, 7) is 4.34. The van der Waals surface area contributed by atoms with Crippen LogP contribution in [0.4, 0.5) is 20.2 Å². The number of rotatable bonds is 1. The minimum atomic E-state index is -0.725. The lowest BCUT2D eigenvalue weighted by Gasteiger charge is -2.36. The number of halogens is 2. The molecule has 128 valence electrons. The van der Waals surface area contributed by atoms with Crippen LogP contribution in [0.1, 0.15) is 0 Å². The maximum absolute atomic E-state index is 14.7. The Morgan fingerprint density at radius 3 is 2.88 bits per heavy atom. The molecule has 0 radical (unpaired) electrons. The fourth-order valence-electron chi connectivity index (χ4n) is 2.86. The molecule has 6 nitrogen and oxygen atoms in total. The van der Waals surface area contributed by atoms with E-state index in [0.29, 0.717) is 17.1 Å². The molecule has 0 aliphatic carbocycles. The largest absolute Gasteiger partial charge is 0.485 e. The van der Waals surface area contributed by atoms with E-state index in [1.807, 2.05) is 0 Å². The van der Waals surface area contributed by atoms with E-state index in [1.165, 1.54) is 23.2 Å². The van der Waals surface area contributed by atoms with E-state index in [9.17, 15) is 13.6 Å². The van der Waals surface area contributed by atoms with E-state index in [2.05, 4.69) is 11.6 Å². The molecule has 0 N–H and O–H groups in total. The Morgan fingerprint density at radius 1 is 1.28 bits per heavy atom. The van der Waals surface area contributed by atoms with Gasteiger partial charge in [0.05, 0.1) is 17.5 Å². The van der Waals surface area contributed by atoms with Crippen LogP contribution in [0.3, 0.4) is 0 Å². The predicted molar refractivity (Wildman–Crippen MR) is 89.4 cm³/mol. The molecule has 3 aliphatic rings. The molecule has 0 fully saturated rings. The summed E-state index contributed by atoms with van der Waals surface area (Å²) >= 11 is 0. The van der Waals surface area contributed by atoms with Crippen LogP contribution in [0.15, 0.2) is 53.7 Å². The third-order valence-electron chi connectivity index (χ3n) is 4.24. The van der Waals surface area contributed by atoms with Crippen molar-refractivity contribution in [3.63, 3.8) is 0 Å². The highest BCUT2D eigenvalue weighted by Gasteiger charge is 2.36. The fourth-order valence-corrected chi connectivity index (χ4v) is 2.86. The van der Waals surface area contributed by atoms with Gasteiger partial charge < -0.3 is 9.64 Å². The zero-order chi connectivity index (χ0) is 17.7. The molecule has 0 aromatic heterocycles. The number of ether oxygens (including phenoxy) is 1. The molecule has 3 heterocycles. The number of carbonyl (C=O) groups is 1. The summed E-state index contributed by atoms with van der Waals surface area (Å²) < 4.78 is 34.2. The Bertz CT molecular complexity index is 891. The zero-order valence-electron chi connectivity index (χ0n) is 13.4. The van der Waals surface area contributed by atoms with Gasteiger partial charge in [-0.05, 0) is 12.1 Å². The van der Waals surface area contributed by atoms with E-state index in [4.69, 9.17) is 4.74 Å². The summed E-state index contributed by atoms with van der Waals surface area (Å²) in [7, 11) is 1.77. The summed E-state index contributed by atoms with van der Waals surface area (Å²) in [4.78, 5) is 20.4. The Labute approximate surface area is 142 Å². The fraction of sp³-hybridized carbons (Fsp3) is 0.176. The van der Waals surface area contributed by atoms with Crippen LogP contribution in [0.5, 0.6) is 5.75 Å². The monoisotopic (exact) mass is 344 g/mol. The van der Waals surface area contributed by atoms with Gasteiger partial charge in [-0.15, -0.1) is 0 Å². The molecule has 0 saturated carbocycles. The Morgan fingerprint density at radius 2 is 2.08 bits per heavy atom.